The Bertz CT molecular complexity index is 2660. The number of benzene rings is 4. The van der Waals surface area contributed by atoms with Crippen LogP contribution in [0.2, 0.25) is 0 Å². The number of ether oxygens (including phenoxy) is 4. The van der Waals surface area contributed by atoms with E-state index in [0.717, 1.165) is 23.1 Å². The number of nitrogens with zero attached hydrogens (tertiary/aromatic N) is 2. The summed E-state index contributed by atoms with van der Waals surface area (Å²) < 4.78 is 69.9. The molecular weight excluding hydrogens is 886 g/mol. The zero-order chi connectivity index (χ0) is 47.9. The fourth-order valence-electron chi connectivity index (χ4n) is 7.22. The molecule has 2 heterocycles. The van der Waals surface area contributed by atoms with Crippen molar-refractivity contribution >= 4 is 39.9 Å². The van der Waals surface area contributed by atoms with Crippen molar-refractivity contribution in [3.05, 3.63) is 125 Å². The molecule has 0 saturated heterocycles. The average molecular weight is 940 g/mol. The van der Waals surface area contributed by atoms with Crippen molar-refractivity contribution in [2.75, 3.05) is 31.8 Å². The molecule has 0 bridgehead atoms. The van der Waals surface area contributed by atoms with Gasteiger partial charge in [-0.05, 0) is 98.2 Å². The van der Waals surface area contributed by atoms with Crippen molar-refractivity contribution in [3.8, 4) is 34.1 Å². The lowest BCUT2D eigenvalue weighted by Crippen LogP contribution is -2.41. The van der Waals surface area contributed by atoms with Crippen molar-refractivity contribution in [3.63, 3.8) is 0 Å². The molecule has 67 heavy (non-hydrogen) atoms. The van der Waals surface area contributed by atoms with E-state index in [2.05, 4.69) is 33.1 Å². The molecule has 1 aliphatic rings. The first kappa shape index (κ1) is 49.4. The largest absolute Gasteiger partial charge is 0.507 e. The third kappa shape index (κ3) is 13.5. The number of amides is 2. The monoisotopic (exact) mass is 939 g/mol. The quantitative estimate of drug-likeness (QED) is 0.0152. The number of halogens is 1. The van der Waals surface area contributed by atoms with Gasteiger partial charge >= 0.3 is 5.97 Å². The molecular formula is C49H54FN5O11S. The summed E-state index contributed by atoms with van der Waals surface area (Å²) in [6.07, 6.45) is 5.97. The second kappa shape index (κ2) is 23.4. The van der Waals surface area contributed by atoms with E-state index in [-0.39, 0.29) is 52.5 Å². The molecule has 6 rings (SSSR count). The lowest BCUT2D eigenvalue weighted by molar-refractivity contribution is -0.145. The van der Waals surface area contributed by atoms with Gasteiger partial charge in [0.2, 0.25) is 0 Å². The lowest BCUT2D eigenvalue weighted by atomic mass is 9.96. The van der Waals surface area contributed by atoms with E-state index < -0.39 is 34.1 Å². The maximum atomic E-state index is 13.5. The van der Waals surface area contributed by atoms with E-state index in [0.29, 0.717) is 80.1 Å². The number of nitrogens with one attached hydrogen (secondary N) is 3. The Morgan fingerprint density at radius 1 is 0.970 bits per heavy atom. The van der Waals surface area contributed by atoms with Gasteiger partial charge in [-0.25, -0.2) is 14.2 Å². The minimum Gasteiger partial charge on any atom is -0.507 e. The Morgan fingerprint density at radius 2 is 1.73 bits per heavy atom. The fourth-order valence-corrected chi connectivity index (χ4v) is 7.89. The summed E-state index contributed by atoms with van der Waals surface area (Å²) in [5.41, 5.74) is 7.06. The van der Waals surface area contributed by atoms with Gasteiger partial charge in [0.15, 0.2) is 6.10 Å². The van der Waals surface area contributed by atoms with E-state index in [1.807, 2.05) is 25.1 Å². The molecule has 5 aromatic rings. The average Bonchev–Trinajstić information content (AvgIpc) is 3.32. The summed E-state index contributed by atoms with van der Waals surface area (Å²) in [5.74, 6) is 0.343. The van der Waals surface area contributed by atoms with Gasteiger partial charge in [-0.1, -0.05) is 56.7 Å². The van der Waals surface area contributed by atoms with Crippen LogP contribution >= 0.6 is 0 Å². The first-order valence-electron chi connectivity index (χ1n) is 22.0. The van der Waals surface area contributed by atoms with Gasteiger partial charge in [-0.2, -0.15) is 13.5 Å². The Balaban J connectivity index is 0.905. The summed E-state index contributed by atoms with van der Waals surface area (Å²) >= 11 is 0. The SMILES string of the molecule is CCCc1c(OCCCOc2cc(O)c(-c3ccc(F)cc3)cc2CC)ccc2c1OC(C(=O)NCCCOC(=O)C(C)NC(=O)c1ccc(N/N=C/c3ccccc3S(=O)(=O)O)nc1)CC2. The van der Waals surface area contributed by atoms with Crippen LogP contribution in [0.5, 0.6) is 23.0 Å². The summed E-state index contributed by atoms with van der Waals surface area (Å²) in [7, 11) is -4.44. The Labute approximate surface area is 388 Å². The van der Waals surface area contributed by atoms with Crippen LogP contribution in [0.15, 0.2) is 101 Å². The molecule has 4 aromatic carbocycles. The minimum absolute atomic E-state index is 0.00323. The number of aryl methyl sites for hydroxylation is 2. The second-order valence-corrected chi connectivity index (χ2v) is 17.0. The molecule has 2 amide bonds. The van der Waals surface area contributed by atoms with Crippen molar-refractivity contribution in [2.45, 2.75) is 82.8 Å². The van der Waals surface area contributed by atoms with Crippen molar-refractivity contribution in [2.24, 2.45) is 5.10 Å². The number of phenols is 1. The number of hydrogen-bond donors (Lipinski definition) is 5. The van der Waals surface area contributed by atoms with Crippen LogP contribution in [-0.4, -0.2) is 85.6 Å². The van der Waals surface area contributed by atoms with E-state index >= 15 is 0 Å². The standard InChI is InChI=1S/C49H54FN5O11S/c1-4-10-38-41(63-25-9-26-64-43-28-40(56)39(27-32(43)5-2)33-13-18-37(50)19-14-33)20-15-34-16-21-42(66-46(34)38)48(58)51-23-8-24-65-49(59)31(3)54-47(57)36-17-22-45(52-29-36)55-53-30-35-11-6-7-12-44(35)67(60,61)62/h6-7,11-15,17-20,22,27-31,42,56H,4-5,8-10,16,21,23-26H2,1-3H3,(H,51,58)(H,52,55)(H,54,57)(H,60,61,62)/b53-30+. The number of carbonyl (C=O) groups excluding carboxylic acids is 3. The van der Waals surface area contributed by atoms with Crippen LogP contribution < -0.4 is 30.3 Å². The van der Waals surface area contributed by atoms with E-state index in [1.165, 1.54) is 61.8 Å². The summed E-state index contributed by atoms with van der Waals surface area (Å²) in [5, 5.41) is 20.1. The minimum atomic E-state index is -4.44. The number of phenolic OH excluding ortho intramolecular Hbond substituents is 1. The zero-order valence-electron chi connectivity index (χ0n) is 37.4. The van der Waals surface area contributed by atoms with Crippen LogP contribution in [0.25, 0.3) is 11.1 Å². The van der Waals surface area contributed by atoms with Crippen LogP contribution in [0.3, 0.4) is 0 Å². The molecule has 2 unspecified atom stereocenters. The predicted molar refractivity (Wildman–Crippen MR) is 249 cm³/mol. The highest BCUT2D eigenvalue weighted by molar-refractivity contribution is 7.86. The Morgan fingerprint density at radius 3 is 2.45 bits per heavy atom. The number of carbonyl (C=O) groups is 3. The van der Waals surface area contributed by atoms with Crippen molar-refractivity contribution < 1.29 is 55.8 Å². The first-order chi connectivity index (χ1) is 32.2. The zero-order valence-corrected chi connectivity index (χ0v) is 38.2. The molecule has 0 saturated carbocycles. The number of hydrogen-bond acceptors (Lipinski definition) is 13. The number of rotatable bonds is 22. The molecule has 0 spiro atoms. The summed E-state index contributed by atoms with van der Waals surface area (Å²) in [6.45, 7) is 6.48. The van der Waals surface area contributed by atoms with E-state index in [1.54, 1.807) is 24.3 Å². The molecule has 0 aliphatic carbocycles. The van der Waals surface area contributed by atoms with Crippen LogP contribution in [0.4, 0.5) is 10.2 Å². The summed E-state index contributed by atoms with van der Waals surface area (Å²) in [4.78, 5) is 42.4. The van der Waals surface area contributed by atoms with Gasteiger partial charge < -0.3 is 34.7 Å². The van der Waals surface area contributed by atoms with Crippen molar-refractivity contribution in [1.82, 2.24) is 15.6 Å². The Hall–Kier alpha value is -7.05. The van der Waals surface area contributed by atoms with Gasteiger partial charge in [0.1, 0.15) is 45.6 Å². The van der Waals surface area contributed by atoms with Gasteiger partial charge in [-0.15, -0.1) is 0 Å². The van der Waals surface area contributed by atoms with Gasteiger partial charge in [0.05, 0.1) is 31.6 Å². The number of esters is 1. The molecule has 16 nitrogen and oxygen atoms in total. The first-order valence-corrected chi connectivity index (χ1v) is 23.4. The van der Waals surface area contributed by atoms with E-state index in [9.17, 15) is 36.9 Å². The molecule has 2 atom stereocenters. The predicted octanol–water partition coefficient (Wildman–Crippen LogP) is 7.21. The number of fused-ring (bicyclic) bond motifs is 1. The maximum absolute atomic E-state index is 13.5. The fraction of sp³-hybridized carbons (Fsp3) is 0.327. The van der Waals surface area contributed by atoms with E-state index in [4.69, 9.17) is 18.9 Å². The molecule has 0 fully saturated rings. The Kier molecular flexibility index (Phi) is 17.3. The second-order valence-electron chi connectivity index (χ2n) is 15.6. The summed E-state index contributed by atoms with van der Waals surface area (Å²) in [6, 6.07) is 21.0. The highest BCUT2D eigenvalue weighted by atomic mass is 32.2. The van der Waals surface area contributed by atoms with Gasteiger partial charge in [0.25, 0.3) is 21.9 Å². The normalized spacial score (nSPS) is 13.8. The number of aromatic nitrogens is 1. The molecule has 18 heteroatoms. The van der Waals surface area contributed by atoms with Crippen LogP contribution in [0, 0.1) is 5.82 Å². The third-order valence-corrected chi connectivity index (χ3v) is 11.6. The maximum Gasteiger partial charge on any atom is 0.328 e. The third-order valence-electron chi connectivity index (χ3n) is 10.7. The smallest absolute Gasteiger partial charge is 0.328 e. The van der Waals surface area contributed by atoms with Crippen molar-refractivity contribution in [1.29, 1.82) is 0 Å². The molecule has 5 N–H and O–H groups in total. The number of anilines is 1. The highest BCUT2D eigenvalue weighted by Crippen LogP contribution is 2.39. The number of aromatic hydroxyl groups is 1. The van der Waals surface area contributed by atoms with Crippen LogP contribution in [-0.2, 0) is 43.7 Å². The topological polar surface area (TPSA) is 224 Å². The molecule has 1 aliphatic heterocycles. The molecule has 0 radical (unpaired) electrons. The highest BCUT2D eigenvalue weighted by Gasteiger charge is 2.29. The lowest BCUT2D eigenvalue weighted by Gasteiger charge is -2.28. The number of pyridine rings is 1. The van der Waals surface area contributed by atoms with Gasteiger partial charge in [-0.3, -0.25) is 19.6 Å². The molecule has 354 valence electrons. The van der Waals surface area contributed by atoms with Crippen LogP contribution in [0.1, 0.15) is 79.1 Å². The number of hydrazone groups is 1. The van der Waals surface area contributed by atoms with Gasteiger partial charge in [0, 0.05) is 41.9 Å². The molecule has 1 aromatic heterocycles.